The summed E-state index contributed by atoms with van der Waals surface area (Å²) in [5.41, 5.74) is 1.73. The van der Waals surface area contributed by atoms with Gasteiger partial charge in [0.1, 0.15) is 11.4 Å². The van der Waals surface area contributed by atoms with Gasteiger partial charge in [-0.25, -0.2) is 0 Å². The minimum Gasteiger partial charge on any atom is -0.497 e. The van der Waals surface area contributed by atoms with Crippen molar-refractivity contribution in [1.82, 2.24) is 14.8 Å². The van der Waals surface area contributed by atoms with Gasteiger partial charge >= 0.3 is 0 Å². The Morgan fingerprint density at radius 1 is 1.19 bits per heavy atom. The highest BCUT2D eigenvalue weighted by Gasteiger charge is 2.33. The molecule has 0 aliphatic carbocycles. The number of aryl methyl sites for hydroxylation is 1. The first-order chi connectivity index (χ1) is 12.7. The number of methoxy groups -OCH3 is 1. The average Bonchev–Trinajstić information content (AvgIpc) is 3.02. The number of rotatable bonds is 4. The first-order valence-electron chi connectivity index (χ1n) is 9.83. The van der Waals surface area contributed by atoms with Crippen molar-refractivity contribution in [2.24, 2.45) is 13.0 Å². The van der Waals surface area contributed by atoms with Gasteiger partial charge in [-0.1, -0.05) is 6.42 Å². The summed E-state index contributed by atoms with van der Waals surface area (Å²) < 4.78 is 7.26. The van der Waals surface area contributed by atoms with E-state index in [1.165, 1.54) is 45.2 Å². The van der Waals surface area contributed by atoms with E-state index in [9.17, 15) is 4.79 Å². The van der Waals surface area contributed by atoms with E-state index in [4.69, 9.17) is 4.74 Å². The van der Waals surface area contributed by atoms with Crippen molar-refractivity contribution in [3.8, 4) is 5.75 Å². The molecule has 2 saturated heterocycles. The molecule has 1 aromatic heterocycles. The Balaban J connectivity index is 1.46. The summed E-state index contributed by atoms with van der Waals surface area (Å²) in [7, 11) is 3.61. The number of piperidine rings is 2. The number of carbonyl (C=O) groups excluding carboxylic acids is 1. The molecular formula is C21H29N3O2. The zero-order chi connectivity index (χ0) is 18.1. The van der Waals surface area contributed by atoms with Crippen LogP contribution < -0.4 is 10.1 Å². The van der Waals surface area contributed by atoms with Crippen molar-refractivity contribution >= 4 is 16.8 Å². The Morgan fingerprint density at radius 3 is 2.88 bits per heavy atom. The lowest BCUT2D eigenvalue weighted by atomic mass is 9.83. The number of hydrogen-bond donors (Lipinski definition) is 1. The summed E-state index contributed by atoms with van der Waals surface area (Å²) in [4.78, 5) is 15.5. The van der Waals surface area contributed by atoms with Gasteiger partial charge in [-0.15, -0.1) is 0 Å². The number of hydrogen-bond acceptors (Lipinski definition) is 3. The molecule has 2 atom stereocenters. The van der Waals surface area contributed by atoms with Crippen LogP contribution in [0, 0.1) is 5.92 Å². The molecule has 5 heteroatoms. The molecule has 5 nitrogen and oxygen atoms in total. The summed E-state index contributed by atoms with van der Waals surface area (Å²) in [6, 6.07) is 8.55. The zero-order valence-electron chi connectivity index (χ0n) is 15.8. The number of nitrogens with zero attached hydrogens (tertiary/aromatic N) is 2. The quantitative estimate of drug-likeness (QED) is 0.916. The number of fused-ring (bicyclic) bond motifs is 2. The van der Waals surface area contributed by atoms with E-state index in [1.807, 2.05) is 35.9 Å². The summed E-state index contributed by atoms with van der Waals surface area (Å²) in [5, 5.41) is 4.28. The van der Waals surface area contributed by atoms with Crippen LogP contribution in [0.4, 0.5) is 0 Å². The molecule has 1 aromatic carbocycles. The minimum atomic E-state index is 0.0237. The maximum Gasteiger partial charge on any atom is 0.267 e. The molecule has 2 fully saturated rings. The van der Waals surface area contributed by atoms with Crippen LogP contribution in [0.1, 0.15) is 42.6 Å². The molecule has 0 bridgehead atoms. The summed E-state index contributed by atoms with van der Waals surface area (Å²) in [6.07, 6.45) is 6.43. The maximum atomic E-state index is 12.8. The fraction of sp³-hybridized carbons (Fsp3) is 0.571. The second-order valence-corrected chi connectivity index (χ2v) is 7.72. The molecule has 26 heavy (non-hydrogen) atoms. The standard InChI is InChI=1S/C21H29N3O2/c1-23-19-13-17(26-2)9-8-15(19)12-20(23)21(25)22-14-16-6-5-11-24-10-4-3-7-18(16)24/h8-9,12-13,16,18H,3-7,10-11,14H2,1-2H3,(H,22,25)/t16-,18-/m0/s1. The second-order valence-electron chi connectivity index (χ2n) is 7.72. The molecule has 0 radical (unpaired) electrons. The number of benzene rings is 1. The predicted molar refractivity (Wildman–Crippen MR) is 104 cm³/mol. The van der Waals surface area contributed by atoms with E-state index in [0.717, 1.165) is 23.2 Å². The average molecular weight is 355 g/mol. The Bertz CT molecular complexity index is 796. The third kappa shape index (κ3) is 3.20. The molecular weight excluding hydrogens is 326 g/mol. The molecule has 1 N–H and O–H groups in total. The Morgan fingerprint density at radius 2 is 2.04 bits per heavy atom. The van der Waals surface area contributed by atoms with Gasteiger partial charge in [0.2, 0.25) is 0 Å². The molecule has 3 heterocycles. The minimum absolute atomic E-state index is 0.0237. The van der Waals surface area contributed by atoms with Crippen LogP contribution in [-0.2, 0) is 7.05 Å². The first kappa shape index (κ1) is 17.4. The van der Waals surface area contributed by atoms with E-state index in [1.54, 1.807) is 7.11 Å². The topological polar surface area (TPSA) is 46.5 Å². The van der Waals surface area contributed by atoms with E-state index >= 15 is 0 Å². The maximum absolute atomic E-state index is 12.8. The van der Waals surface area contributed by atoms with Crippen LogP contribution in [0.25, 0.3) is 10.9 Å². The van der Waals surface area contributed by atoms with Gasteiger partial charge in [0.15, 0.2) is 0 Å². The molecule has 0 spiro atoms. The van der Waals surface area contributed by atoms with Crippen LogP contribution in [0.3, 0.4) is 0 Å². The predicted octanol–water partition coefficient (Wildman–Crippen LogP) is 3.18. The summed E-state index contributed by atoms with van der Waals surface area (Å²) >= 11 is 0. The highest BCUT2D eigenvalue weighted by Crippen LogP contribution is 2.30. The number of aromatic nitrogens is 1. The van der Waals surface area contributed by atoms with Gasteiger partial charge in [0.25, 0.3) is 5.91 Å². The smallest absolute Gasteiger partial charge is 0.267 e. The van der Waals surface area contributed by atoms with Gasteiger partial charge in [0, 0.05) is 31.1 Å². The normalized spacial score (nSPS) is 23.6. The monoisotopic (exact) mass is 355 g/mol. The number of ether oxygens (including phenoxy) is 1. The van der Waals surface area contributed by atoms with E-state index in [-0.39, 0.29) is 5.91 Å². The van der Waals surface area contributed by atoms with Gasteiger partial charge in [-0.05, 0) is 62.9 Å². The summed E-state index contributed by atoms with van der Waals surface area (Å²) in [5.74, 6) is 1.42. The number of nitrogens with one attached hydrogen (secondary N) is 1. The van der Waals surface area contributed by atoms with Crippen molar-refractivity contribution in [3.63, 3.8) is 0 Å². The van der Waals surface area contributed by atoms with Gasteiger partial charge in [-0.2, -0.15) is 0 Å². The van der Waals surface area contributed by atoms with Crippen LogP contribution in [-0.4, -0.2) is 48.2 Å². The fourth-order valence-electron chi connectivity index (χ4n) is 4.78. The highest BCUT2D eigenvalue weighted by atomic mass is 16.5. The fourth-order valence-corrected chi connectivity index (χ4v) is 4.78. The SMILES string of the molecule is COc1ccc2cc(C(=O)NC[C@@H]3CCCN4CCCC[C@@H]34)n(C)c2c1. The molecule has 1 amide bonds. The Hall–Kier alpha value is -2.01. The van der Waals surface area contributed by atoms with Gasteiger partial charge < -0.3 is 19.5 Å². The molecule has 140 valence electrons. The largest absolute Gasteiger partial charge is 0.497 e. The van der Waals surface area contributed by atoms with E-state index in [2.05, 4.69) is 10.2 Å². The third-order valence-corrected chi connectivity index (χ3v) is 6.24. The van der Waals surface area contributed by atoms with Crippen molar-refractivity contribution in [1.29, 1.82) is 0 Å². The molecule has 2 aliphatic heterocycles. The third-order valence-electron chi connectivity index (χ3n) is 6.24. The van der Waals surface area contributed by atoms with Crippen molar-refractivity contribution in [2.75, 3.05) is 26.7 Å². The lowest BCUT2D eigenvalue weighted by Gasteiger charge is -2.44. The second kappa shape index (κ2) is 7.31. The number of carbonyl (C=O) groups is 1. The first-order valence-corrected chi connectivity index (χ1v) is 9.83. The van der Waals surface area contributed by atoms with Crippen molar-refractivity contribution in [2.45, 2.75) is 38.1 Å². The zero-order valence-corrected chi connectivity index (χ0v) is 15.8. The Labute approximate surface area is 155 Å². The van der Waals surface area contributed by atoms with Crippen LogP contribution in [0.5, 0.6) is 5.75 Å². The van der Waals surface area contributed by atoms with Crippen LogP contribution in [0.15, 0.2) is 24.3 Å². The van der Waals surface area contributed by atoms with Crippen LogP contribution in [0.2, 0.25) is 0 Å². The van der Waals surface area contributed by atoms with Gasteiger partial charge in [0.05, 0.1) is 12.6 Å². The van der Waals surface area contributed by atoms with E-state index in [0.29, 0.717) is 17.7 Å². The molecule has 4 rings (SSSR count). The van der Waals surface area contributed by atoms with Crippen molar-refractivity contribution in [3.05, 3.63) is 30.0 Å². The summed E-state index contributed by atoms with van der Waals surface area (Å²) in [6.45, 7) is 3.26. The van der Waals surface area contributed by atoms with Crippen molar-refractivity contribution < 1.29 is 9.53 Å². The molecule has 0 unspecified atom stereocenters. The number of amides is 1. The lowest BCUT2D eigenvalue weighted by molar-refractivity contribution is 0.0574. The molecule has 2 aliphatic rings. The van der Waals surface area contributed by atoms with E-state index < -0.39 is 0 Å². The molecule has 2 aromatic rings. The van der Waals surface area contributed by atoms with Gasteiger partial charge in [-0.3, -0.25) is 4.79 Å². The highest BCUT2D eigenvalue weighted by molar-refractivity contribution is 5.99. The Kier molecular flexibility index (Phi) is 4.90. The molecule has 0 saturated carbocycles. The lowest BCUT2D eigenvalue weighted by Crippen LogP contribution is -2.51. The van der Waals surface area contributed by atoms with Crippen LogP contribution >= 0.6 is 0 Å².